The van der Waals surface area contributed by atoms with Crippen LogP contribution in [0.2, 0.25) is 0 Å². The van der Waals surface area contributed by atoms with Gasteiger partial charge in [0.2, 0.25) is 10.0 Å². The first-order chi connectivity index (χ1) is 9.19. The predicted molar refractivity (Wildman–Crippen MR) is 71.7 cm³/mol. The van der Waals surface area contributed by atoms with Gasteiger partial charge >= 0.3 is 5.97 Å². The van der Waals surface area contributed by atoms with E-state index in [1.54, 1.807) is 0 Å². The van der Waals surface area contributed by atoms with E-state index in [0.29, 0.717) is 0 Å². The third-order valence-corrected chi connectivity index (χ3v) is 4.25. The number of sulfonamides is 1. The SMILES string of the molecule is COC(=O)C(O)CNS(=O)(=O)c1cc(N)cc(Br)c1F. The van der Waals surface area contributed by atoms with Gasteiger partial charge in [-0.1, -0.05) is 0 Å². The summed E-state index contributed by atoms with van der Waals surface area (Å²) in [5.74, 6) is -2.04. The van der Waals surface area contributed by atoms with Crippen molar-refractivity contribution in [3.63, 3.8) is 0 Å². The number of carbonyl (C=O) groups is 1. The molecule has 1 aromatic rings. The van der Waals surface area contributed by atoms with Crippen LogP contribution in [0, 0.1) is 5.82 Å². The first kappa shape index (κ1) is 16.8. The lowest BCUT2D eigenvalue weighted by atomic mass is 10.3. The van der Waals surface area contributed by atoms with Crippen LogP contribution in [0.4, 0.5) is 10.1 Å². The van der Waals surface area contributed by atoms with Crippen molar-refractivity contribution in [3.05, 3.63) is 22.4 Å². The topological polar surface area (TPSA) is 119 Å². The maximum absolute atomic E-state index is 13.8. The molecule has 4 N–H and O–H groups in total. The lowest BCUT2D eigenvalue weighted by Gasteiger charge is -2.12. The fraction of sp³-hybridized carbons (Fsp3) is 0.300. The fourth-order valence-electron chi connectivity index (χ4n) is 1.27. The summed E-state index contributed by atoms with van der Waals surface area (Å²) in [7, 11) is -3.24. The maximum Gasteiger partial charge on any atom is 0.336 e. The van der Waals surface area contributed by atoms with Gasteiger partial charge in [0, 0.05) is 12.2 Å². The van der Waals surface area contributed by atoms with Gasteiger partial charge in [-0.2, -0.15) is 0 Å². The van der Waals surface area contributed by atoms with E-state index in [4.69, 9.17) is 5.73 Å². The lowest BCUT2D eigenvalue weighted by Crippen LogP contribution is -2.37. The zero-order valence-corrected chi connectivity index (χ0v) is 12.7. The molecule has 0 saturated carbocycles. The van der Waals surface area contributed by atoms with Crippen LogP contribution in [0.15, 0.2) is 21.5 Å². The van der Waals surface area contributed by atoms with E-state index >= 15 is 0 Å². The number of hydrogen-bond acceptors (Lipinski definition) is 6. The molecule has 20 heavy (non-hydrogen) atoms. The molecule has 0 saturated heterocycles. The highest BCUT2D eigenvalue weighted by Crippen LogP contribution is 2.25. The molecule has 0 radical (unpaired) electrons. The summed E-state index contributed by atoms with van der Waals surface area (Å²) >= 11 is 2.83. The van der Waals surface area contributed by atoms with Gasteiger partial charge in [0.1, 0.15) is 4.90 Å². The third kappa shape index (κ3) is 3.88. The number of halogens is 2. The van der Waals surface area contributed by atoms with Crippen molar-refractivity contribution in [2.45, 2.75) is 11.0 Å². The minimum atomic E-state index is -4.28. The minimum absolute atomic E-state index is 0.0344. The van der Waals surface area contributed by atoms with E-state index < -0.39 is 39.4 Å². The van der Waals surface area contributed by atoms with E-state index in [0.717, 1.165) is 13.2 Å². The van der Waals surface area contributed by atoms with Crippen LogP contribution in [-0.2, 0) is 19.6 Å². The number of nitrogens with one attached hydrogen (secondary N) is 1. The number of benzene rings is 1. The van der Waals surface area contributed by atoms with Crippen molar-refractivity contribution in [1.82, 2.24) is 4.72 Å². The molecule has 0 aliphatic carbocycles. The molecule has 0 aliphatic rings. The number of carbonyl (C=O) groups excluding carboxylic acids is 1. The fourth-order valence-corrected chi connectivity index (χ4v) is 3.04. The third-order valence-electron chi connectivity index (χ3n) is 2.25. The first-order valence-corrected chi connectivity index (χ1v) is 7.46. The Hall–Kier alpha value is -1.23. The Morgan fingerprint density at radius 2 is 2.20 bits per heavy atom. The van der Waals surface area contributed by atoms with Crippen LogP contribution in [0.5, 0.6) is 0 Å². The first-order valence-electron chi connectivity index (χ1n) is 5.19. The van der Waals surface area contributed by atoms with Gasteiger partial charge in [-0.25, -0.2) is 22.3 Å². The van der Waals surface area contributed by atoms with Gasteiger partial charge in [0.25, 0.3) is 0 Å². The summed E-state index contributed by atoms with van der Waals surface area (Å²) < 4.78 is 43.5. The maximum atomic E-state index is 13.8. The van der Waals surface area contributed by atoms with Crippen LogP contribution >= 0.6 is 15.9 Å². The van der Waals surface area contributed by atoms with E-state index in [2.05, 4.69) is 20.7 Å². The van der Waals surface area contributed by atoms with Crippen molar-refractivity contribution in [1.29, 1.82) is 0 Å². The molecule has 1 aromatic carbocycles. The van der Waals surface area contributed by atoms with Crippen molar-refractivity contribution in [2.75, 3.05) is 19.4 Å². The number of methoxy groups -OCH3 is 1. The van der Waals surface area contributed by atoms with Crippen LogP contribution < -0.4 is 10.5 Å². The average Bonchev–Trinajstić information content (AvgIpc) is 2.39. The largest absolute Gasteiger partial charge is 0.467 e. The van der Waals surface area contributed by atoms with E-state index in [1.807, 2.05) is 4.72 Å². The van der Waals surface area contributed by atoms with Gasteiger partial charge in [0.15, 0.2) is 11.9 Å². The van der Waals surface area contributed by atoms with Crippen molar-refractivity contribution < 1.29 is 27.4 Å². The standard InChI is InChI=1S/C10H12BrFN2O5S/c1-19-10(16)7(15)4-14-20(17,18)8-3-5(13)2-6(11)9(8)12/h2-3,7,14-15H,4,13H2,1H3. The Labute approximate surface area is 123 Å². The van der Waals surface area contributed by atoms with Gasteiger partial charge in [0.05, 0.1) is 11.6 Å². The molecule has 0 amide bonds. The van der Waals surface area contributed by atoms with Gasteiger partial charge in [-0.05, 0) is 28.1 Å². The lowest BCUT2D eigenvalue weighted by molar-refractivity contribution is -0.149. The number of esters is 1. The predicted octanol–water partition coefficient (Wildman–Crippen LogP) is -0.0174. The van der Waals surface area contributed by atoms with Gasteiger partial charge in [-0.15, -0.1) is 0 Å². The highest BCUT2D eigenvalue weighted by Gasteiger charge is 2.24. The van der Waals surface area contributed by atoms with Crippen molar-refractivity contribution in [2.24, 2.45) is 0 Å². The summed E-state index contributed by atoms with van der Waals surface area (Å²) in [6.45, 7) is -0.652. The number of anilines is 1. The van der Waals surface area contributed by atoms with Crippen LogP contribution in [0.3, 0.4) is 0 Å². The number of aliphatic hydroxyl groups excluding tert-OH is 1. The summed E-state index contributed by atoms with van der Waals surface area (Å²) in [5, 5.41) is 9.28. The van der Waals surface area contributed by atoms with Gasteiger partial charge in [-0.3, -0.25) is 0 Å². The number of nitrogen functional groups attached to an aromatic ring is 1. The Kier molecular flexibility index (Phi) is 5.45. The van der Waals surface area contributed by atoms with Crippen LogP contribution in [-0.4, -0.2) is 39.3 Å². The zero-order valence-electron chi connectivity index (χ0n) is 10.3. The average molecular weight is 371 g/mol. The number of nitrogens with two attached hydrogens (primary N) is 1. The molecule has 0 aliphatic heterocycles. The van der Waals surface area contributed by atoms with Crippen LogP contribution in [0.25, 0.3) is 0 Å². The van der Waals surface area contributed by atoms with Crippen LogP contribution in [0.1, 0.15) is 0 Å². The molecule has 0 aromatic heterocycles. The molecule has 0 spiro atoms. The molecule has 1 atom stereocenters. The molecule has 0 heterocycles. The number of rotatable bonds is 5. The van der Waals surface area contributed by atoms with Gasteiger partial charge < -0.3 is 15.6 Å². The smallest absolute Gasteiger partial charge is 0.336 e. The van der Waals surface area contributed by atoms with E-state index in [9.17, 15) is 22.7 Å². The molecule has 0 fully saturated rings. The molecule has 10 heteroatoms. The second-order valence-electron chi connectivity index (χ2n) is 3.71. The van der Waals surface area contributed by atoms with Crippen molar-refractivity contribution in [3.8, 4) is 0 Å². The molecule has 1 unspecified atom stereocenters. The summed E-state index contributed by atoms with van der Waals surface area (Å²) in [6, 6.07) is 2.13. The monoisotopic (exact) mass is 370 g/mol. The number of ether oxygens (including phenoxy) is 1. The highest BCUT2D eigenvalue weighted by molar-refractivity contribution is 9.10. The quantitative estimate of drug-likeness (QED) is 0.495. The molecule has 112 valence electrons. The summed E-state index contributed by atoms with van der Waals surface area (Å²) in [4.78, 5) is 10.2. The summed E-state index contributed by atoms with van der Waals surface area (Å²) in [5.41, 5.74) is 5.47. The highest BCUT2D eigenvalue weighted by atomic mass is 79.9. The zero-order chi connectivity index (χ0) is 15.5. The Morgan fingerprint density at radius 3 is 2.75 bits per heavy atom. The number of aliphatic hydroxyl groups is 1. The molecular weight excluding hydrogens is 359 g/mol. The molecule has 7 nitrogen and oxygen atoms in total. The summed E-state index contributed by atoms with van der Waals surface area (Å²) in [6.07, 6.45) is -1.69. The Morgan fingerprint density at radius 1 is 1.60 bits per heavy atom. The Balaban J connectivity index is 2.98. The Bertz CT molecular complexity index is 622. The second-order valence-corrected chi connectivity index (χ2v) is 6.30. The van der Waals surface area contributed by atoms with E-state index in [1.165, 1.54) is 6.07 Å². The normalized spacial score (nSPS) is 13.0. The minimum Gasteiger partial charge on any atom is -0.467 e. The van der Waals surface area contributed by atoms with Crippen molar-refractivity contribution >= 4 is 37.6 Å². The number of hydrogen-bond donors (Lipinski definition) is 3. The molecule has 0 bridgehead atoms. The van der Waals surface area contributed by atoms with E-state index in [-0.39, 0.29) is 10.2 Å². The molecular formula is C10H12BrFN2O5S. The second kappa shape index (κ2) is 6.48. The molecule has 1 rings (SSSR count).